The highest BCUT2D eigenvalue weighted by Crippen LogP contribution is 2.23. The van der Waals surface area contributed by atoms with Gasteiger partial charge in [-0.3, -0.25) is 4.79 Å². The fraction of sp³-hybridized carbons (Fsp3) is 0.235. The van der Waals surface area contributed by atoms with E-state index in [2.05, 4.69) is 0 Å². The number of hydrogen-bond acceptors (Lipinski definition) is 3. The summed E-state index contributed by atoms with van der Waals surface area (Å²) in [7, 11) is 0. The summed E-state index contributed by atoms with van der Waals surface area (Å²) >= 11 is 0. The molecule has 2 rings (SSSR count). The molecule has 0 aliphatic heterocycles. The van der Waals surface area contributed by atoms with Crippen LogP contribution in [-0.4, -0.2) is 17.7 Å². The molecule has 1 unspecified atom stereocenters. The predicted molar refractivity (Wildman–Crippen MR) is 78.1 cm³/mol. The molecule has 2 aromatic carbocycles. The van der Waals surface area contributed by atoms with Gasteiger partial charge < -0.3 is 9.84 Å². The minimum atomic E-state index is -0.820. The Morgan fingerprint density at radius 2 is 1.65 bits per heavy atom. The summed E-state index contributed by atoms with van der Waals surface area (Å²) < 4.78 is 4.83. The molecule has 3 nitrogen and oxygen atoms in total. The third kappa shape index (κ3) is 3.68. The molecule has 104 valence electrons. The monoisotopic (exact) mass is 270 g/mol. The minimum Gasteiger partial charge on any atom is -0.466 e. The summed E-state index contributed by atoms with van der Waals surface area (Å²) in [5, 5.41) is 9.98. The van der Waals surface area contributed by atoms with Crippen molar-refractivity contribution < 1.29 is 14.6 Å². The molecule has 0 amide bonds. The molecule has 0 saturated heterocycles. The number of ether oxygens (including phenoxy) is 1. The van der Waals surface area contributed by atoms with E-state index in [1.165, 1.54) is 0 Å². The Kier molecular flexibility index (Phi) is 4.91. The van der Waals surface area contributed by atoms with Crippen LogP contribution < -0.4 is 0 Å². The highest BCUT2D eigenvalue weighted by atomic mass is 16.5. The Bertz CT molecular complexity index is 546. The molecule has 3 heteroatoms. The van der Waals surface area contributed by atoms with Crippen LogP contribution in [0.2, 0.25) is 0 Å². The molecule has 1 N–H and O–H groups in total. The molecule has 0 saturated carbocycles. The number of aliphatic hydroxyl groups excluding tert-OH is 1. The van der Waals surface area contributed by atoms with Gasteiger partial charge in [0.15, 0.2) is 0 Å². The molecule has 0 bridgehead atoms. The van der Waals surface area contributed by atoms with Crippen molar-refractivity contribution in [2.45, 2.75) is 19.4 Å². The molecule has 0 aliphatic carbocycles. The predicted octanol–water partition coefficient (Wildman–Crippen LogP) is 3.34. The van der Waals surface area contributed by atoms with E-state index in [0.29, 0.717) is 6.61 Å². The van der Waals surface area contributed by atoms with Crippen LogP contribution in [-0.2, 0) is 9.53 Å². The number of carbonyl (C=O) groups is 1. The zero-order valence-corrected chi connectivity index (χ0v) is 11.5. The van der Waals surface area contributed by atoms with E-state index in [1.807, 2.05) is 54.6 Å². The second-order valence-corrected chi connectivity index (χ2v) is 4.51. The fourth-order valence-corrected chi connectivity index (χ4v) is 2.02. The molecule has 2 aromatic rings. The van der Waals surface area contributed by atoms with Crippen LogP contribution in [0.25, 0.3) is 11.1 Å². The first-order valence-corrected chi connectivity index (χ1v) is 6.69. The summed E-state index contributed by atoms with van der Waals surface area (Å²) in [5.41, 5.74) is 2.93. The Hall–Kier alpha value is -2.13. The van der Waals surface area contributed by atoms with E-state index in [4.69, 9.17) is 4.74 Å². The maximum atomic E-state index is 11.3. The van der Waals surface area contributed by atoms with Crippen molar-refractivity contribution in [3.63, 3.8) is 0 Å². The average Bonchev–Trinajstić information content (AvgIpc) is 2.48. The van der Waals surface area contributed by atoms with Gasteiger partial charge in [-0.05, 0) is 23.6 Å². The van der Waals surface area contributed by atoms with Gasteiger partial charge in [0.1, 0.15) is 0 Å². The van der Waals surface area contributed by atoms with Crippen LogP contribution in [0.4, 0.5) is 0 Å². The number of rotatable bonds is 5. The number of benzene rings is 2. The van der Waals surface area contributed by atoms with Gasteiger partial charge in [-0.2, -0.15) is 0 Å². The van der Waals surface area contributed by atoms with Gasteiger partial charge in [0.25, 0.3) is 0 Å². The van der Waals surface area contributed by atoms with E-state index >= 15 is 0 Å². The third-order valence-corrected chi connectivity index (χ3v) is 3.07. The van der Waals surface area contributed by atoms with Crippen LogP contribution in [0.3, 0.4) is 0 Å². The smallest absolute Gasteiger partial charge is 0.308 e. The lowest BCUT2D eigenvalue weighted by atomic mass is 10.0. The maximum absolute atomic E-state index is 11.3. The SMILES string of the molecule is CCOC(=O)CC(O)c1ccc(-c2ccccc2)cc1. The zero-order chi connectivity index (χ0) is 14.4. The molecule has 0 fully saturated rings. The van der Waals surface area contributed by atoms with Crippen molar-refractivity contribution in [1.29, 1.82) is 0 Å². The quantitative estimate of drug-likeness (QED) is 0.848. The summed E-state index contributed by atoms with van der Waals surface area (Å²) in [6, 6.07) is 17.6. The first kappa shape index (κ1) is 14.3. The van der Waals surface area contributed by atoms with E-state index in [-0.39, 0.29) is 12.4 Å². The lowest BCUT2D eigenvalue weighted by Crippen LogP contribution is -2.09. The van der Waals surface area contributed by atoms with Crippen molar-refractivity contribution in [2.75, 3.05) is 6.61 Å². The van der Waals surface area contributed by atoms with Crippen LogP contribution >= 0.6 is 0 Å². The van der Waals surface area contributed by atoms with Crippen LogP contribution in [0.1, 0.15) is 25.0 Å². The fourth-order valence-electron chi connectivity index (χ4n) is 2.02. The Labute approximate surface area is 118 Å². The zero-order valence-electron chi connectivity index (χ0n) is 11.5. The van der Waals surface area contributed by atoms with Crippen molar-refractivity contribution >= 4 is 5.97 Å². The summed E-state index contributed by atoms with van der Waals surface area (Å²) in [4.78, 5) is 11.3. The van der Waals surface area contributed by atoms with Gasteiger partial charge in [0, 0.05) is 0 Å². The Balaban J connectivity index is 2.06. The van der Waals surface area contributed by atoms with Crippen molar-refractivity contribution in [3.05, 3.63) is 60.2 Å². The Morgan fingerprint density at radius 1 is 1.05 bits per heavy atom. The molecule has 0 aliphatic rings. The molecule has 0 heterocycles. The van der Waals surface area contributed by atoms with Crippen molar-refractivity contribution in [2.24, 2.45) is 0 Å². The van der Waals surface area contributed by atoms with Crippen LogP contribution in [0.15, 0.2) is 54.6 Å². The van der Waals surface area contributed by atoms with Crippen LogP contribution in [0.5, 0.6) is 0 Å². The van der Waals surface area contributed by atoms with E-state index in [1.54, 1.807) is 6.92 Å². The highest BCUT2D eigenvalue weighted by Gasteiger charge is 2.13. The number of esters is 1. The van der Waals surface area contributed by atoms with Gasteiger partial charge in [-0.15, -0.1) is 0 Å². The molecular weight excluding hydrogens is 252 g/mol. The largest absolute Gasteiger partial charge is 0.466 e. The first-order valence-electron chi connectivity index (χ1n) is 6.69. The van der Waals surface area contributed by atoms with E-state index in [9.17, 15) is 9.90 Å². The third-order valence-electron chi connectivity index (χ3n) is 3.07. The van der Waals surface area contributed by atoms with Gasteiger partial charge in [0.2, 0.25) is 0 Å². The molecule has 20 heavy (non-hydrogen) atoms. The Morgan fingerprint density at radius 3 is 2.25 bits per heavy atom. The number of hydrogen-bond donors (Lipinski definition) is 1. The molecule has 1 atom stereocenters. The normalized spacial score (nSPS) is 11.9. The van der Waals surface area contributed by atoms with Gasteiger partial charge in [0.05, 0.1) is 19.1 Å². The standard InChI is InChI=1S/C17H18O3/c1-2-20-17(19)12-16(18)15-10-8-14(9-11-15)13-6-4-3-5-7-13/h3-11,16,18H,2,12H2,1H3. The lowest BCUT2D eigenvalue weighted by molar-refractivity contribution is -0.145. The average molecular weight is 270 g/mol. The van der Waals surface area contributed by atoms with Crippen molar-refractivity contribution in [1.82, 2.24) is 0 Å². The van der Waals surface area contributed by atoms with E-state index in [0.717, 1.165) is 16.7 Å². The minimum absolute atomic E-state index is 0.0154. The number of aliphatic hydroxyl groups is 1. The molecular formula is C17H18O3. The number of carbonyl (C=O) groups excluding carboxylic acids is 1. The van der Waals surface area contributed by atoms with E-state index < -0.39 is 6.10 Å². The van der Waals surface area contributed by atoms with Gasteiger partial charge in [-0.25, -0.2) is 0 Å². The second-order valence-electron chi connectivity index (χ2n) is 4.51. The summed E-state index contributed by atoms with van der Waals surface area (Å²) in [6.07, 6.45) is -0.836. The van der Waals surface area contributed by atoms with Crippen molar-refractivity contribution in [3.8, 4) is 11.1 Å². The maximum Gasteiger partial charge on any atom is 0.308 e. The van der Waals surface area contributed by atoms with Gasteiger partial charge in [-0.1, -0.05) is 54.6 Å². The van der Waals surface area contributed by atoms with Gasteiger partial charge >= 0.3 is 5.97 Å². The molecule has 0 spiro atoms. The lowest BCUT2D eigenvalue weighted by Gasteiger charge is -2.11. The summed E-state index contributed by atoms with van der Waals surface area (Å²) in [6.45, 7) is 2.08. The topological polar surface area (TPSA) is 46.5 Å². The second kappa shape index (κ2) is 6.87. The molecule has 0 aromatic heterocycles. The first-order chi connectivity index (χ1) is 9.70. The summed E-state index contributed by atoms with van der Waals surface area (Å²) in [5.74, 6) is -0.382. The molecule has 0 radical (unpaired) electrons. The highest BCUT2D eigenvalue weighted by molar-refractivity contribution is 5.70. The van der Waals surface area contributed by atoms with Crippen LogP contribution in [0, 0.1) is 0 Å².